The van der Waals surface area contributed by atoms with E-state index in [-0.39, 0.29) is 28.7 Å². The number of hydrogen-bond donors (Lipinski definition) is 2. The molecule has 2 aromatic carbocycles. The molecule has 3 rings (SSSR count). The summed E-state index contributed by atoms with van der Waals surface area (Å²) in [6.07, 6.45) is -4.57. The highest BCUT2D eigenvalue weighted by Gasteiger charge is 2.30. The number of hydrogen-bond acceptors (Lipinski definition) is 3. The lowest BCUT2D eigenvalue weighted by Gasteiger charge is -2.09. The van der Waals surface area contributed by atoms with Crippen molar-refractivity contribution < 1.29 is 23.1 Å². The predicted molar refractivity (Wildman–Crippen MR) is 83.6 cm³/mol. The molecule has 1 aromatic heterocycles. The van der Waals surface area contributed by atoms with E-state index in [1.807, 2.05) is 0 Å². The van der Waals surface area contributed by atoms with E-state index in [1.54, 1.807) is 18.2 Å². The minimum atomic E-state index is -4.55. The summed E-state index contributed by atoms with van der Waals surface area (Å²) in [5.41, 5.74) is -1.16. The van der Waals surface area contributed by atoms with Crippen molar-refractivity contribution in [2.75, 3.05) is 0 Å². The van der Waals surface area contributed by atoms with Crippen LogP contribution < -0.4 is 5.56 Å². The van der Waals surface area contributed by atoms with Crippen LogP contribution in [0.1, 0.15) is 27.3 Å². The molecule has 0 spiro atoms. The number of carboxylic acid groups (broad SMARTS) is 1. The van der Waals surface area contributed by atoms with Gasteiger partial charge in [0.2, 0.25) is 0 Å². The number of nitrogens with zero attached hydrogens (tertiary/aromatic N) is 1. The maximum absolute atomic E-state index is 12.8. The van der Waals surface area contributed by atoms with Crippen LogP contribution in [0.25, 0.3) is 10.9 Å². The van der Waals surface area contributed by atoms with Crippen molar-refractivity contribution >= 4 is 16.9 Å². The first-order valence-corrected chi connectivity index (χ1v) is 7.17. The van der Waals surface area contributed by atoms with E-state index in [0.29, 0.717) is 5.56 Å². The van der Waals surface area contributed by atoms with Crippen molar-refractivity contribution in [3.05, 3.63) is 75.3 Å². The molecule has 0 unspecified atom stereocenters. The highest BCUT2D eigenvalue weighted by atomic mass is 19.4. The van der Waals surface area contributed by atoms with Gasteiger partial charge in [0.1, 0.15) is 5.82 Å². The molecule has 25 heavy (non-hydrogen) atoms. The van der Waals surface area contributed by atoms with E-state index in [0.717, 1.165) is 18.2 Å². The van der Waals surface area contributed by atoms with Crippen molar-refractivity contribution in [3.63, 3.8) is 0 Å². The lowest BCUT2D eigenvalue weighted by Crippen LogP contribution is -2.14. The van der Waals surface area contributed by atoms with Crippen LogP contribution in [-0.2, 0) is 12.6 Å². The van der Waals surface area contributed by atoms with Crippen LogP contribution >= 0.6 is 0 Å². The van der Waals surface area contributed by atoms with E-state index in [4.69, 9.17) is 0 Å². The number of fused-ring (bicyclic) bond motifs is 1. The number of halogens is 3. The number of nitrogens with one attached hydrogen (secondary N) is 1. The van der Waals surface area contributed by atoms with Gasteiger partial charge in [0, 0.05) is 6.42 Å². The molecule has 0 saturated carbocycles. The molecular formula is C17H11F3N2O3. The largest absolute Gasteiger partial charge is 0.478 e. The topological polar surface area (TPSA) is 83.0 Å². The van der Waals surface area contributed by atoms with Crippen molar-refractivity contribution in [2.45, 2.75) is 12.6 Å². The van der Waals surface area contributed by atoms with Crippen LogP contribution in [0.3, 0.4) is 0 Å². The Balaban J connectivity index is 2.09. The van der Waals surface area contributed by atoms with E-state index in [9.17, 15) is 27.9 Å². The fourth-order valence-corrected chi connectivity index (χ4v) is 2.51. The van der Waals surface area contributed by atoms with Gasteiger partial charge in [0.05, 0.1) is 22.0 Å². The first-order chi connectivity index (χ1) is 11.8. The standard InChI is InChI=1S/C17H11F3N2O3/c18-17(19,20)10-5-6-12-13(8-10)21-14(22-15(12)23)7-9-3-1-2-4-11(9)16(24)25/h1-6,8H,7H2,(H,24,25)(H,21,22,23). The zero-order chi connectivity index (χ0) is 18.2. The molecule has 8 heteroatoms. The molecule has 5 nitrogen and oxygen atoms in total. The number of aromatic carboxylic acids is 1. The first-order valence-electron chi connectivity index (χ1n) is 7.17. The molecule has 0 aliphatic carbocycles. The minimum Gasteiger partial charge on any atom is -0.478 e. The second-order valence-corrected chi connectivity index (χ2v) is 5.38. The van der Waals surface area contributed by atoms with Gasteiger partial charge in [0.15, 0.2) is 0 Å². The minimum absolute atomic E-state index is 0.0239. The molecule has 1 heterocycles. The molecule has 128 valence electrons. The molecule has 0 radical (unpaired) electrons. The summed E-state index contributed by atoms with van der Waals surface area (Å²) in [5, 5.41) is 9.21. The quantitative estimate of drug-likeness (QED) is 0.761. The Morgan fingerprint density at radius 1 is 1.16 bits per heavy atom. The van der Waals surface area contributed by atoms with Gasteiger partial charge in [-0.3, -0.25) is 4.79 Å². The van der Waals surface area contributed by atoms with E-state index >= 15 is 0 Å². The van der Waals surface area contributed by atoms with Gasteiger partial charge < -0.3 is 10.1 Å². The zero-order valence-corrected chi connectivity index (χ0v) is 12.6. The van der Waals surface area contributed by atoms with Crippen LogP contribution in [0.5, 0.6) is 0 Å². The average molecular weight is 348 g/mol. The highest BCUT2D eigenvalue weighted by Crippen LogP contribution is 2.30. The molecule has 0 atom stereocenters. The SMILES string of the molecule is O=C(O)c1ccccc1Cc1nc2cc(C(F)(F)F)ccc2c(=O)[nH]1. The van der Waals surface area contributed by atoms with E-state index in [1.165, 1.54) is 6.07 Å². The average Bonchev–Trinajstić information content (AvgIpc) is 2.54. The monoisotopic (exact) mass is 348 g/mol. The molecule has 0 saturated heterocycles. The van der Waals surface area contributed by atoms with Gasteiger partial charge in [0.25, 0.3) is 5.56 Å². The summed E-state index contributed by atoms with van der Waals surface area (Å²) in [6, 6.07) is 8.83. The Morgan fingerprint density at radius 3 is 2.56 bits per heavy atom. The van der Waals surface area contributed by atoms with Gasteiger partial charge in [-0.1, -0.05) is 18.2 Å². The Bertz CT molecular complexity index is 1030. The smallest absolute Gasteiger partial charge is 0.416 e. The van der Waals surface area contributed by atoms with Crippen LogP contribution in [0.15, 0.2) is 47.3 Å². The molecule has 0 fully saturated rings. The third-order valence-corrected chi connectivity index (χ3v) is 3.69. The highest BCUT2D eigenvalue weighted by molar-refractivity contribution is 5.89. The Labute approximate surface area is 138 Å². The summed E-state index contributed by atoms with van der Waals surface area (Å²) in [7, 11) is 0. The van der Waals surface area contributed by atoms with Gasteiger partial charge in [-0.05, 0) is 29.8 Å². The number of benzene rings is 2. The van der Waals surface area contributed by atoms with E-state index in [2.05, 4.69) is 9.97 Å². The Hall–Kier alpha value is -3.16. The second kappa shape index (κ2) is 6.04. The number of H-pyrrole nitrogens is 1. The summed E-state index contributed by atoms with van der Waals surface area (Å²) in [4.78, 5) is 29.8. The lowest BCUT2D eigenvalue weighted by molar-refractivity contribution is -0.137. The van der Waals surface area contributed by atoms with Crippen LogP contribution in [0.2, 0.25) is 0 Å². The first kappa shape index (κ1) is 16.7. The zero-order valence-electron chi connectivity index (χ0n) is 12.6. The molecule has 3 aromatic rings. The number of aromatic nitrogens is 2. The number of carboxylic acids is 1. The van der Waals surface area contributed by atoms with Crippen molar-refractivity contribution in [1.29, 1.82) is 0 Å². The molecule has 0 aliphatic heterocycles. The second-order valence-electron chi connectivity index (χ2n) is 5.38. The van der Waals surface area contributed by atoms with Gasteiger partial charge in [-0.2, -0.15) is 13.2 Å². The summed E-state index contributed by atoms with van der Waals surface area (Å²) in [6.45, 7) is 0. The number of rotatable bonds is 3. The molecule has 0 aliphatic rings. The maximum atomic E-state index is 12.8. The normalized spacial score (nSPS) is 11.6. The van der Waals surface area contributed by atoms with Gasteiger partial charge in [-0.25, -0.2) is 9.78 Å². The summed E-state index contributed by atoms with van der Waals surface area (Å²) < 4.78 is 38.5. The number of aromatic amines is 1. The fourth-order valence-electron chi connectivity index (χ4n) is 2.51. The van der Waals surface area contributed by atoms with Crippen molar-refractivity contribution in [2.24, 2.45) is 0 Å². The van der Waals surface area contributed by atoms with E-state index < -0.39 is 23.3 Å². The fraction of sp³-hybridized carbons (Fsp3) is 0.118. The van der Waals surface area contributed by atoms with Crippen LogP contribution in [-0.4, -0.2) is 21.0 Å². The maximum Gasteiger partial charge on any atom is 0.416 e. The van der Waals surface area contributed by atoms with Gasteiger partial charge >= 0.3 is 12.1 Å². The van der Waals surface area contributed by atoms with Crippen LogP contribution in [0, 0.1) is 0 Å². The van der Waals surface area contributed by atoms with Gasteiger partial charge in [-0.15, -0.1) is 0 Å². The predicted octanol–water partition coefficient (Wildman–Crippen LogP) is 3.23. The number of carbonyl (C=O) groups is 1. The third-order valence-electron chi connectivity index (χ3n) is 3.69. The lowest BCUT2D eigenvalue weighted by atomic mass is 10.0. The summed E-state index contributed by atoms with van der Waals surface area (Å²) in [5.74, 6) is -1.05. The molecule has 0 amide bonds. The third kappa shape index (κ3) is 3.37. The van der Waals surface area contributed by atoms with Crippen LogP contribution in [0.4, 0.5) is 13.2 Å². The van der Waals surface area contributed by atoms with Crippen molar-refractivity contribution in [1.82, 2.24) is 9.97 Å². The molecule has 2 N–H and O–H groups in total. The van der Waals surface area contributed by atoms with Crippen molar-refractivity contribution in [3.8, 4) is 0 Å². The Morgan fingerprint density at radius 2 is 1.88 bits per heavy atom. The molecule has 0 bridgehead atoms. The summed E-state index contributed by atoms with van der Waals surface area (Å²) >= 11 is 0. The number of alkyl halides is 3. The molecular weight excluding hydrogens is 337 g/mol. The Kier molecular flexibility index (Phi) is 4.03.